The number of carbonyl (C=O) groups excluding carboxylic acids is 1. The Morgan fingerprint density at radius 2 is 2.25 bits per heavy atom. The summed E-state index contributed by atoms with van der Waals surface area (Å²) in [5.41, 5.74) is 1.77. The fourth-order valence-electron chi connectivity index (χ4n) is 2.07. The summed E-state index contributed by atoms with van der Waals surface area (Å²) in [6.45, 7) is 0. The minimum Gasteiger partial charge on any atom is -0.453 e. The molecule has 1 fully saturated rings. The molecular weight excluding hydrogens is 226 g/mol. The fraction of sp³-hybridized carbons (Fsp3) is 0.700. The number of ether oxygens (including phenoxy) is 1. The van der Waals surface area contributed by atoms with Crippen LogP contribution in [0.3, 0.4) is 0 Å². The van der Waals surface area contributed by atoms with Crippen LogP contribution in [0.5, 0.6) is 0 Å². The maximum absolute atomic E-state index is 11.0. The Kier molecular flexibility index (Phi) is 3.71. The van der Waals surface area contributed by atoms with Crippen molar-refractivity contribution < 1.29 is 9.53 Å². The van der Waals surface area contributed by atoms with Crippen LogP contribution in [0.25, 0.3) is 0 Å². The number of rotatable bonds is 2. The number of nitrogens with one attached hydrogen (secondary N) is 1. The van der Waals surface area contributed by atoms with Gasteiger partial charge in [-0.05, 0) is 25.7 Å². The van der Waals surface area contributed by atoms with E-state index >= 15 is 0 Å². The average molecular weight is 241 g/mol. The van der Waals surface area contributed by atoms with E-state index in [0.717, 1.165) is 30.7 Å². The summed E-state index contributed by atoms with van der Waals surface area (Å²) < 4.78 is 4.58. The predicted octanol–water partition coefficient (Wildman–Crippen LogP) is 1.92. The van der Waals surface area contributed by atoms with E-state index in [0.29, 0.717) is 5.92 Å². The second-order valence-electron chi connectivity index (χ2n) is 3.96. The normalized spacial score (nSPS) is 25.1. The number of nitrogens with zero attached hydrogens (tertiary/aromatic N) is 2. The first-order chi connectivity index (χ1) is 7.79. The number of aromatic nitrogens is 2. The molecule has 1 aromatic rings. The third-order valence-corrected chi connectivity index (χ3v) is 3.82. The van der Waals surface area contributed by atoms with Crippen LogP contribution in [-0.4, -0.2) is 29.4 Å². The van der Waals surface area contributed by atoms with Crippen LogP contribution in [-0.2, 0) is 4.74 Å². The highest BCUT2D eigenvalue weighted by atomic mass is 32.1. The summed E-state index contributed by atoms with van der Waals surface area (Å²) in [6, 6.07) is 0.247. The molecule has 0 aliphatic heterocycles. The molecule has 0 aromatic carbocycles. The summed E-state index contributed by atoms with van der Waals surface area (Å²) in [7, 11) is 1.39. The average Bonchev–Trinajstić information content (AvgIpc) is 2.83. The Hall–Kier alpha value is -1.17. The van der Waals surface area contributed by atoms with Gasteiger partial charge in [-0.15, -0.1) is 21.5 Å². The number of amides is 1. The third-order valence-electron chi connectivity index (χ3n) is 2.96. The van der Waals surface area contributed by atoms with Gasteiger partial charge >= 0.3 is 6.09 Å². The van der Waals surface area contributed by atoms with E-state index in [1.165, 1.54) is 7.11 Å². The van der Waals surface area contributed by atoms with Crippen molar-refractivity contribution in [1.29, 1.82) is 0 Å². The third kappa shape index (κ3) is 2.69. The van der Waals surface area contributed by atoms with Crippen LogP contribution in [0.15, 0.2) is 5.51 Å². The SMILES string of the molecule is COC(=O)N[C@H]1CC[C@H](c2nncs2)CC1. The molecule has 0 radical (unpaired) electrons. The summed E-state index contributed by atoms with van der Waals surface area (Å²) in [5, 5.41) is 11.9. The lowest BCUT2D eigenvalue weighted by molar-refractivity contribution is 0.162. The zero-order chi connectivity index (χ0) is 11.4. The van der Waals surface area contributed by atoms with E-state index in [4.69, 9.17) is 0 Å². The zero-order valence-electron chi connectivity index (χ0n) is 9.18. The second-order valence-corrected chi connectivity index (χ2v) is 4.83. The molecule has 0 unspecified atom stereocenters. The van der Waals surface area contributed by atoms with Gasteiger partial charge in [-0.25, -0.2) is 4.79 Å². The standard InChI is InChI=1S/C10H15N3O2S/c1-15-10(14)12-8-4-2-7(3-5-8)9-13-11-6-16-9/h6-8H,2-5H2,1H3,(H,12,14)/t7-,8-. The molecule has 1 saturated carbocycles. The lowest BCUT2D eigenvalue weighted by Gasteiger charge is -2.27. The maximum atomic E-state index is 11.0. The number of hydrogen-bond acceptors (Lipinski definition) is 5. The first kappa shape index (κ1) is 11.3. The van der Waals surface area contributed by atoms with Crippen LogP contribution >= 0.6 is 11.3 Å². The topological polar surface area (TPSA) is 64.1 Å². The molecule has 6 heteroatoms. The molecule has 1 aliphatic carbocycles. The van der Waals surface area contributed by atoms with Gasteiger partial charge in [0.25, 0.3) is 0 Å². The molecule has 2 rings (SSSR count). The van der Waals surface area contributed by atoms with Crippen molar-refractivity contribution >= 4 is 17.4 Å². The Labute approximate surface area is 98.2 Å². The summed E-state index contributed by atoms with van der Waals surface area (Å²) >= 11 is 1.61. The first-order valence-corrected chi connectivity index (χ1v) is 6.28. The molecule has 0 atom stereocenters. The second kappa shape index (κ2) is 5.25. The van der Waals surface area contributed by atoms with Crippen molar-refractivity contribution in [2.24, 2.45) is 0 Å². The molecule has 0 bridgehead atoms. The van der Waals surface area contributed by atoms with Crippen LogP contribution in [0.4, 0.5) is 4.79 Å². The Balaban J connectivity index is 1.81. The fourth-order valence-corrected chi connectivity index (χ4v) is 2.79. The van der Waals surface area contributed by atoms with E-state index in [1.807, 2.05) is 0 Å². The van der Waals surface area contributed by atoms with Gasteiger partial charge in [0.1, 0.15) is 10.5 Å². The number of carbonyl (C=O) groups is 1. The highest BCUT2D eigenvalue weighted by Crippen LogP contribution is 2.33. The smallest absolute Gasteiger partial charge is 0.407 e. The van der Waals surface area contributed by atoms with E-state index in [9.17, 15) is 4.79 Å². The van der Waals surface area contributed by atoms with Gasteiger partial charge in [-0.2, -0.15) is 0 Å². The highest BCUT2D eigenvalue weighted by molar-refractivity contribution is 7.09. The van der Waals surface area contributed by atoms with Gasteiger partial charge in [0.05, 0.1) is 7.11 Å². The minimum atomic E-state index is -0.334. The molecule has 16 heavy (non-hydrogen) atoms. The van der Waals surface area contributed by atoms with Crippen LogP contribution in [0.2, 0.25) is 0 Å². The molecule has 1 aliphatic rings. The zero-order valence-corrected chi connectivity index (χ0v) is 10.00. The molecular formula is C10H15N3O2S. The lowest BCUT2D eigenvalue weighted by Crippen LogP contribution is -2.37. The minimum absolute atomic E-state index is 0.247. The van der Waals surface area contributed by atoms with Crippen molar-refractivity contribution in [2.45, 2.75) is 37.6 Å². The lowest BCUT2D eigenvalue weighted by atomic mass is 9.86. The van der Waals surface area contributed by atoms with E-state index in [1.54, 1.807) is 16.8 Å². The van der Waals surface area contributed by atoms with Gasteiger partial charge in [0, 0.05) is 12.0 Å². The molecule has 0 saturated heterocycles. The van der Waals surface area contributed by atoms with Crippen LogP contribution in [0.1, 0.15) is 36.6 Å². The highest BCUT2D eigenvalue weighted by Gasteiger charge is 2.25. The number of hydrogen-bond donors (Lipinski definition) is 1. The summed E-state index contributed by atoms with van der Waals surface area (Å²) in [6.07, 6.45) is 3.76. The number of alkyl carbamates (subject to hydrolysis) is 1. The van der Waals surface area contributed by atoms with Crippen molar-refractivity contribution in [2.75, 3.05) is 7.11 Å². The van der Waals surface area contributed by atoms with Crippen molar-refractivity contribution in [1.82, 2.24) is 15.5 Å². The molecule has 1 aromatic heterocycles. The van der Waals surface area contributed by atoms with Gasteiger partial charge in [-0.1, -0.05) is 0 Å². The van der Waals surface area contributed by atoms with Crippen molar-refractivity contribution in [3.8, 4) is 0 Å². The Morgan fingerprint density at radius 1 is 1.50 bits per heavy atom. The van der Waals surface area contributed by atoms with Crippen LogP contribution < -0.4 is 5.32 Å². The largest absolute Gasteiger partial charge is 0.453 e. The Morgan fingerprint density at radius 3 is 2.81 bits per heavy atom. The van der Waals surface area contributed by atoms with Crippen molar-refractivity contribution in [3.63, 3.8) is 0 Å². The van der Waals surface area contributed by atoms with E-state index < -0.39 is 0 Å². The van der Waals surface area contributed by atoms with Gasteiger partial charge in [0.2, 0.25) is 0 Å². The molecule has 88 valence electrons. The molecule has 5 nitrogen and oxygen atoms in total. The molecule has 0 spiro atoms. The molecule has 1 heterocycles. The van der Waals surface area contributed by atoms with Crippen LogP contribution in [0, 0.1) is 0 Å². The summed E-state index contributed by atoms with van der Waals surface area (Å²) in [4.78, 5) is 11.0. The predicted molar refractivity (Wildman–Crippen MR) is 60.4 cm³/mol. The van der Waals surface area contributed by atoms with E-state index in [2.05, 4.69) is 20.3 Å². The molecule has 1 N–H and O–H groups in total. The number of methoxy groups -OCH3 is 1. The maximum Gasteiger partial charge on any atom is 0.407 e. The summed E-state index contributed by atoms with van der Waals surface area (Å²) in [5.74, 6) is 0.517. The first-order valence-electron chi connectivity index (χ1n) is 5.40. The monoisotopic (exact) mass is 241 g/mol. The van der Waals surface area contributed by atoms with Gasteiger partial charge in [0.15, 0.2) is 0 Å². The molecule has 1 amide bonds. The van der Waals surface area contributed by atoms with E-state index in [-0.39, 0.29) is 12.1 Å². The van der Waals surface area contributed by atoms with Crippen molar-refractivity contribution in [3.05, 3.63) is 10.5 Å². The quantitative estimate of drug-likeness (QED) is 0.859. The van der Waals surface area contributed by atoms with Gasteiger partial charge < -0.3 is 10.1 Å². The van der Waals surface area contributed by atoms with Gasteiger partial charge in [-0.3, -0.25) is 0 Å². The Bertz CT molecular complexity index is 334.